The fourth-order valence-electron chi connectivity index (χ4n) is 1.95. The van der Waals surface area contributed by atoms with E-state index in [0.717, 1.165) is 31.0 Å². The number of phenols is 2. The molecule has 98 valence electrons. The second kappa shape index (κ2) is 6.11. The third-order valence-corrected chi connectivity index (χ3v) is 4.03. The van der Waals surface area contributed by atoms with Gasteiger partial charge in [0.25, 0.3) is 0 Å². The Hall–Kier alpha value is -1.20. The van der Waals surface area contributed by atoms with Crippen LogP contribution in [0.2, 0.25) is 0 Å². The van der Waals surface area contributed by atoms with Crippen molar-refractivity contribution in [2.45, 2.75) is 6.42 Å². The van der Waals surface area contributed by atoms with Gasteiger partial charge in [-0.25, -0.2) is 0 Å². The molecule has 1 aromatic carbocycles. The number of benzene rings is 1. The summed E-state index contributed by atoms with van der Waals surface area (Å²) in [6, 6.07) is 4.22. The molecule has 0 atom stereocenters. The van der Waals surface area contributed by atoms with E-state index in [1.54, 1.807) is 6.07 Å². The maximum absolute atomic E-state index is 12.0. The molecule has 0 aromatic heterocycles. The van der Waals surface area contributed by atoms with Gasteiger partial charge in [0.05, 0.1) is 6.54 Å². The lowest BCUT2D eigenvalue weighted by molar-refractivity contribution is 0.0935. The summed E-state index contributed by atoms with van der Waals surface area (Å²) in [4.78, 5) is 14.2. The first-order valence-corrected chi connectivity index (χ1v) is 7.17. The van der Waals surface area contributed by atoms with E-state index in [4.69, 9.17) is 0 Å². The van der Waals surface area contributed by atoms with Gasteiger partial charge in [0.15, 0.2) is 17.3 Å². The number of rotatable bonds is 3. The van der Waals surface area contributed by atoms with E-state index in [9.17, 15) is 15.0 Å². The van der Waals surface area contributed by atoms with Crippen LogP contribution in [0, 0.1) is 0 Å². The molecule has 0 spiro atoms. The molecule has 1 aliphatic heterocycles. The van der Waals surface area contributed by atoms with Crippen LogP contribution in [-0.2, 0) is 0 Å². The third-order valence-electron chi connectivity index (χ3n) is 2.98. The Morgan fingerprint density at radius 1 is 1.22 bits per heavy atom. The largest absolute Gasteiger partial charge is 0.504 e. The number of aromatic hydroxyl groups is 2. The molecule has 0 bridgehead atoms. The summed E-state index contributed by atoms with van der Waals surface area (Å²) in [7, 11) is 0. The maximum atomic E-state index is 12.0. The smallest absolute Gasteiger partial charge is 0.176 e. The van der Waals surface area contributed by atoms with Gasteiger partial charge in [-0.2, -0.15) is 11.8 Å². The molecule has 2 rings (SSSR count). The van der Waals surface area contributed by atoms with Crippen molar-refractivity contribution < 1.29 is 15.0 Å². The topological polar surface area (TPSA) is 60.8 Å². The molecule has 1 saturated heterocycles. The molecule has 2 N–H and O–H groups in total. The van der Waals surface area contributed by atoms with Crippen LogP contribution < -0.4 is 0 Å². The van der Waals surface area contributed by atoms with Crippen molar-refractivity contribution in [1.82, 2.24) is 4.90 Å². The first-order chi connectivity index (χ1) is 8.66. The van der Waals surface area contributed by atoms with Crippen LogP contribution >= 0.6 is 11.8 Å². The maximum Gasteiger partial charge on any atom is 0.176 e. The van der Waals surface area contributed by atoms with Crippen molar-refractivity contribution in [3.8, 4) is 11.5 Å². The zero-order valence-corrected chi connectivity index (χ0v) is 10.9. The normalized spacial score (nSPS) is 17.3. The highest BCUT2D eigenvalue weighted by Crippen LogP contribution is 2.25. The summed E-state index contributed by atoms with van der Waals surface area (Å²) in [6.45, 7) is 2.26. The lowest BCUT2D eigenvalue weighted by atomic mass is 10.1. The zero-order valence-electron chi connectivity index (χ0n) is 10.1. The van der Waals surface area contributed by atoms with E-state index in [1.807, 2.05) is 11.8 Å². The SMILES string of the molecule is O=C(CN1CCCSCC1)c1ccc(O)c(O)c1. The third kappa shape index (κ3) is 3.40. The first kappa shape index (κ1) is 13.2. The molecular formula is C13H17NO3S. The minimum Gasteiger partial charge on any atom is -0.504 e. The predicted octanol–water partition coefficient (Wildman–Crippen LogP) is 1.72. The molecule has 0 amide bonds. The molecule has 1 heterocycles. The lowest BCUT2D eigenvalue weighted by Gasteiger charge is -2.18. The van der Waals surface area contributed by atoms with Gasteiger partial charge in [0.2, 0.25) is 0 Å². The summed E-state index contributed by atoms with van der Waals surface area (Å²) in [6.07, 6.45) is 1.11. The second-order valence-electron chi connectivity index (χ2n) is 4.37. The molecule has 0 saturated carbocycles. The summed E-state index contributed by atoms with van der Waals surface area (Å²) in [5.74, 6) is 1.76. The van der Waals surface area contributed by atoms with Gasteiger partial charge in [0.1, 0.15) is 0 Å². The summed E-state index contributed by atoms with van der Waals surface area (Å²) >= 11 is 1.92. The van der Waals surface area contributed by atoms with Crippen LogP contribution in [0.4, 0.5) is 0 Å². The predicted molar refractivity (Wildman–Crippen MR) is 72.5 cm³/mol. The van der Waals surface area contributed by atoms with Crippen LogP contribution in [0.1, 0.15) is 16.8 Å². The number of Topliss-reactive ketones (excluding diaryl/α,β-unsaturated/α-hetero) is 1. The van der Waals surface area contributed by atoms with Gasteiger partial charge in [-0.15, -0.1) is 0 Å². The number of nitrogens with zero attached hydrogens (tertiary/aromatic N) is 1. The average molecular weight is 267 g/mol. The van der Waals surface area contributed by atoms with Crippen molar-refractivity contribution in [2.24, 2.45) is 0 Å². The van der Waals surface area contributed by atoms with Crippen molar-refractivity contribution in [1.29, 1.82) is 0 Å². The number of thioether (sulfide) groups is 1. The van der Waals surface area contributed by atoms with E-state index in [1.165, 1.54) is 12.1 Å². The Labute approximate surface area is 111 Å². The molecular weight excluding hydrogens is 250 g/mol. The highest BCUT2D eigenvalue weighted by molar-refractivity contribution is 7.99. The van der Waals surface area contributed by atoms with Gasteiger partial charge >= 0.3 is 0 Å². The molecule has 0 unspecified atom stereocenters. The van der Waals surface area contributed by atoms with E-state index >= 15 is 0 Å². The molecule has 1 aliphatic rings. The zero-order chi connectivity index (χ0) is 13.0. The Kier molecular flexibility index (Phi) is 4.49. The lowest BCUT2D eigenvalue weighted by Crippen LogP contribution is -2.31. The number of carbonyl (C=O) groups excluding carboxylic acids is 1. The second-order valence-corrected chi connectivity index (χ2v) is 5.59. The molecule has 1 aromatic rings. The molecule has 5 heteroatoms. The monoisotopic (exact) mass is 267 g/mol. The van der Waals surface area contributed by atoms with Crippen LogP contribution in [0.3, 0.4) is 0 Å². The van der Waals surface area contributed by atoms with Gasteiger partial charge < -0.3 is 10.2 Å². The minimum absolute atomic E-state index is 0.0165. The molecule has 4 nitrogen and oxygen atoms in total. The number of ketones is 1. The number of hydrogen-bond acceptors (Lipinski definition) is 5. The highest BCUT2D eigenvalue weighted by atomic mass is 32.2. The van der Waals surface area contributed by atoms with Gasteiger partial charge in [-0.3, -0.25) is 9.69 Å². The van der Waals surface area contributed by atoms with E-state index in [2.05, 4.69) is 4.90 Å². The summed E-state index contributed by atoms with van der Waals surface area (Å²) in [5, 5.41) is 18.6. The number of carbonyl (C=O) groups is 1. The summed E-state index contributed by atoms with van der Waals surface area (Å²) in [5.41, 5.74) is 0.446. The molecule has 1 fully saturated rings. The number of phenolic OH excluding ortho intramolecular Hbond substituents is 2. The van der Waals surface area contributed by atoms with Crippen LogP contribution in [0.15, 0.2) is 18.2 Å². The standard InChI is InChI=1S/C13H17NO3S/c15-11-3-2-10(8-12(11)16)13(17)9-14-4-1-6-18-7-5-14/h2-3,8,15-16H,1,4-7,9H2. The molecule has 0 radical (unpaired) electrons. The fraction of sp³-hybridized carbons (Fsp3) is 0.462. The quantitative estimate of drug-likeness (QED) is 0.645. The van der Waals surface area contributed by atoms with Crippen molar-refractivity contribution in [3.63, 3.8) is 0 Å². The first-order valence-electron chi connectivity index (χ1n) is 6.02. The number of hydrogen-bond donors (Lipinski definition) is 2. The van der Waals surface area contributed by atoms with E-state index in [0.29, 0.717) is 12.1 Å². The highest BCUT2D eigenvalue weighted by Gasteiger charge is 2.15. The van der Waals surface area contributed by atoms with Gasteiger partial charge in [0, 0.05) is 17.9 Å². The van der Waals surface area contributed by atoms with Crippen LogP contribution in [-0.4, -0.2) is 52.0 Å². The minimum atomic E-state index is -0.243. The Balaban J connectivity index is 1.99. The van der Waals surface area contributed by atoms with Crippen LogP contribution in [0.25, 0.3) is 0 Å². The van der Waals surface area contributed by atoms with Gasteiger partial charge in [-0.05, 0) is 36.9 Å². The van der Waals surface area contributed by atoms with E-state index in [-0.39, 0.29) is 17.3 Å². The fourth-order valence-corrected chi connectivity index (χ4v) is 2.87. The van der Waals surface area contributed by atoms with Crippen molar-refractivity contribution in [2.75, 3.05) is 31.1 Å². The Bertz CT molecular complexity index is 428. The average Bonchev–Trinajstić information content (AvgIpc) is 2.61. The molecule has 18 heavy (non-hydrogen) atoms. The van der Waals surface area contributed by atoms with Crippen molar-refractivity contribution >= 4 is 17.5 Å². The summed E-state index contributed by atoms with van der Waals surface area (Å²) < 4.78 is 0. The van der Waals surface area contributed by atoms with Crippen LogP contribution in [0.5, 0.6) is 11.5 Å². The Morgan fingerprint density at radius 3 is 2.83 bits per heavy atom. The van der Waals surface area contributed by atoms with E-state index < -0.39 is 0 Å². The molecule has 0 aliphatic carbocycles. The Morgan fingerprint density at radius 2 is 2.06 bits per heavy atom. The van der Waals surface area contributed by atoms with Crippen molar-refractivity contribution in [3.05, 3.63) is 23.8 Å². The van der Waals surface area contributed by atoms with Gasteiger partial charge in [-0.1, -0.05) is 0 Å².